The third-order valence-corrected chi connectivity index (χ3v) is 5.46. The molecule has 3 rings (SSSR count). The van der Waals surface area contributed by atoms with Gasteiger partial charge in [-0.25, -0.2) is 0 Å². The quantitative estimate of drug-likeness (QED) is 0.484. The highest BCUT2D eigenvalue weighted by Crippen LogP contribution is 2.40. The second-order valence-electron chi connectivity index (χ2n) is 7.67. The number of carbonyl (C=O) groups excluding carboxylic acids is 1. The molecule has 31 heavy (non-hydrogen) atoms. The Morgan fingerprint density at radius 2 is 1.74 bits per heavy atom. The van der Waals surface area contributed by atoms with Crippen LogP contribution in [0.25, 0.3) is 10.9 Å². The lowest BCUT2D eigenvalue weighted by molar-refractivity contribution is 0.101. The minimum Gasteiger partial charge on any atom is -0.493 e. The number of aryl methyl sites for hydroxylation is 1. The van der Waals surface area contributed by atoms with Gasteiger partial charge < -0.3 is 24.1 Å². The molecule has 0 radical (unpaired) electrons. The molecule has 0 saturated carbocycles. The number of rotatable bonds is 8. The van der Waals surface area contributed by atoms with Crippen molar-refractivity contribution < 1.29 is 19.0 Å². The number of methoxy groups -OCH3 is 3. The number of amides is 1. The van der Waals surface area contributed by atoms with Crippen molar-refractivity contribution >= 4 is 22.5 Å². The first-order valence-electron chi connectivity index (χ1n) is 10.2. The van der Waals surface area contributed by atoms with Crippen molar-refractivity contribution in [2.45, 2.75) is 33.2 Å². The van der Waals surface area contributed by atoms with E-state index in [1.54, 1.807) is 39.5 Å². The first-order chi connectivity index (χ1) is 14.9. The van der Waals surface area contributed by atoms with Gasteiger partial charge in [0.2, 0.25) is 5.75 Å². The van der Waals surface area contributed by atoms with Crippen molar-refractivity contribution in [1.29, 1.82) is 0 Å². The smallest absolute Gasteiger partial charge is 0.272 e. The molecular formula is C25H30N2O4. The third kappa shape index (κ3) is 4.10. The minimum absolute atomic E-state index is 0.212. The average Bonchev–Trinajstić information content (AvgIpc) is 3.04. The molecule has 0 aliphatic carbocycles. The Bertz CT molecular complexity index is 1100. The number of ether oxygens (including phenoxy) is 3. The fraction of sp³-hybridized carbons (Fsp3) is 0.320. The Balaban J connectivity index is 2.09. The SMILES string of the molecule is C=CCn1c(C(=O)Nc2cc(OC)c(OC)c(OC)c2)c(C)c2cc(C(C)C)ccc21. The monoisotopic (exact) mass is 422 g/mol. The predicted octanol–water partition coefficient (Wildman–Crippen LogP) is 5.54. The molecule has 1 N–H and O–H groups in total. The molecule has 2 aromatic carbocycles. The third-order valence-electron chi connectivity index (χ3n) is 5.46. The van der Waals surface area contributed by atoms with Gasteiger partial charge in [-0.1, -0.05) is 26.0 Å². The number of allylic oxidation sites excluding steroid dienone is 1. The summed E-state index contributed by atoms with van der Waals surface area (Å²) in [5, 5.41) is 4.06. The molecule has 1 amide bonds. The summed E-state index contributed by atoms with van der Waals surface area (Å²) in [5.74, 6) is 1.62. The van der Waals surface area contributed by atoms with Gasteiger partial charge in [-0.2, -0.15) is 0 Å². The molecule has 164 valence electrons. The summed E-state index contributed by atoms with van der Waals surface area (Å²) < 4.78 is 18.2. The highest BCUT2D eigenvalue weighted by Gasteiger charge is 2.22. The molecule has 3 aromatic rings. The lowest BCUT2D eigenvalue weighted by atomic mass is 10.0. The second kappa shape index (κ2) is 9.16. The first kappa shape index (κ1) is 22.3. The molecule has 0 unspecified atom stereocenters. The van der Waals surface area contributed by atoms with Crippen LogP contribution in [-0.4, -0.2) is 31.8 Å². The van der Waals surface area contributed by atoms with E-state index in [0.717, 1.165) is 16.5 Å². The van der Waals surface area contributed by atoms with Crippen molar-refractivity contribution in [2.75, 3.05) is 26.6 Å². The Kier molecular flexibility index (Phi) is 6.59. The molecule has 1 heterocycles. The maximum Gasteiger partial charge on any atom is 0.272 e. The number of nitrogens with one attached hydrogen (secondary N) is 1. The molecule has 6 nitrogen and oxygen atoms in total. The van der Waals surface area contributed by atoms with Crippen LogP contribution in [0.5, 0.6) is 17.2 Å². The predicted molar refractivity (Wildman–Crippen MR) is 125 cm³/mol. The molecule has 0 saturated heterocycles. The lowest BCUT2D eigenvalue weighted by Crippen LogP contribution is -2.18. The Labute approximate surface area is 183 Å². The summed E-state index contributed by atoms with van der Waals surface area (Å²) in [6.45, 7) is 10.7. The van der Waals surface area contributed by atoms with Crippen LogP contribution < -0.4 is 19.5 Å². The Morgan fingerprint density at radius 3 is 2.26 bits per heavy atom. The number of hydrogen-bond acceptors (Lipinski definition) is 4. The average molecular weight is 423 g/mol. The summed E-state index contributed by atoms with van der Waals surface area (Å²) in [4.78, 5) is 13.4. The summed E-state index contributed by atoms with van der Waals surface area (Å²) in [6.07, 6.45) is 1.80. The molecule has 6 heteroatoms. The fourth-order valence-corrected chi connectivity index (χ4v) is 3.85. The van der Waals surface area contributed by atoms with Gasteiger partial charge in [0.25, 0.3) is 5.91 Å². The summed E-state index contributed by atoms with van der Waals surface area (Å²) in [7, 11) is 4.63. The van der Waals surface area contributed by atoms with Crippen molar-refractivity contribution in [3.8, 4) is 17.2 Å². The van der Waals surface area contributed by atoms with Crippen molar-refractivity contribution in [1.82, 2.24) is 4.57 Å². The van der Waals surface area contributed by atoms with Crippen LogP contribution >= 0.6 is 0 Å². The van der Waals surface area contributed by atoms with Crippen LogP contribution in [0.2, 0.25) is 0 Å². The summed E-state index contributed by atoms with van der Waals surface area (Å²) >= 11 is 0. The van der Waals surface area contributed by atoms with Gasteiger partial charge in [-0.05, 0) is 36.1 Å². The Hall–Kier alpha value is -3.41. The maximum absolute atomic E-state index is 13.4. The van der Waals surface area contributed by atoms with E-state index in [4.69, 9.17) is 14.2 Å². The molecule has 0 atom stereocenters. The number of benzene rings is 2. The van der Waals surface area contributed by atoms with Gasteiger partial charge in [-0.3, -0.25) is 4.79 Å². The molecule has 0 aliphatic heterocycles. The van der Waals surface area contributed by atoms with Crippen molar-refractivity contribution in [2.24, 2.45) is 0 Å². The van der Waals surface area contributed by atoms with E-state index in [2.05, 4.69) is 43.9 Å². The topological polar surface area (TPSA) is 61.7 Å². The number of hydrogen-bond donors (Lipinski definition) is 1. The lowest BCUT2D eigenvalue weighted by Gasteiger charge is -2.15. The van der Waals surface area contributed by atoms with E-state index in [0.29, 0.717) is 41.1 Å². The first-order valence-corrected chi connectivity index (χ1v) is 10.2. The van der Waals surface area contributed by atoms with Crippen LogP contribution in [-0.2, 0) is 6.54 Å². The van der Waals surface area contributed by atoms with Gasteiger partial charge in [0.05, 0.1) is 21.3 Å². The van der Waals surface area contributed by atoms with Gasteiger partial charge in [0, 0.05) is 35.3 Å². The van der Waals surface area contributed by atoms with Crippen LogP contribution in [0.4, 0.5) is 5.69 Å². The summed E-state index contributed by atoms with van der Waals surface area (Å²) in [5.41, 5.74) is 4.34. The number of nitrogens with zero attached hydrogens (tertiary/aromatic N) is 1. The second-order valence-corrected chi connectivity index (χ2v) is 7.67. The highest BCUT2D eigenvalue weighted by molar-refractivity contribution is 6.08. The molecule has 0 aliphatic rings. The van der Waals surface area contributed by atoms with Gasteiger partial charge in [-0.15, -0.1) is 6.58 Å². The van der Waals surface area contributed by atoms with Crippen LogP contribution in [0, 0.1) is 6.92 Å². The van der Waals surface area contributed by atoms with Crippen molar-refractivity contribution in [3.05, 3.63) is 59.8 Å². The van der Waals surface area contributed by atoms with Crippen LogP contribution in [0.1, 0.15) is 41.4 Å². The van der Waals surface area contributed by atoms with Crippen LogP contribution in [0.3, 0.4) is 0 Å². The van der Waals surface area contributed by atoms with E-state index in [1.807, 2.05) is 11.5 Å². The molecule has 0 bridgehead atoms. The zero-order valence-electron chi connectivity index (χ0n) is 19.0. The molecule has 0 spiro atoms. The van der Waals surface area contributed by atoms with E-state index in [9.17, 15) is 4.79 Å². The number of fused-ring (bicyclic) bond motifs is 1. The van der Waals surface area contributed by atoms with E-state index in [1.165, 1.54) is 5.56 Å². The maximum atomic E-state index is 13.4. The Morgan fingerprint density at radius 1 is 1.10 bits per heavy atom. The largest absolute Gasteiger partial charge is 0.493 e. The van der Waals surface area contributed by atoms with E-state index in [-0.39, 0.29) is 5.91 Å². The van der Waals surface area contributed by atoms with Gasteiger partial charge in [0.1, 0.15) is 5.69 Å². The molecule has 0 fully saturated rings. The van der Waals surface area contributed by atoms with Gasteiger partial charge >= 0.3 is 0 Å². The zero-order chi connectivity index (χ0) is 22.7. The standard InChI is InChI=1S/C25H30N2O4/c1-8-11-27-20-10-9-17(15(2)3)12-19(20)16(4)23(27)25(28)26-18-13-21(29-5)24(31-7)22(14-18)30-6/h8-10,12-15H,1,11H2,2-7H3,(H,26,28). The normalized spacial score (nSPS) is 10.9. The van der Waals surface area contributed by atoms with Crippen LogP contribution in [0.15, 0.2) is 43.0 Å². The molecule has 1 aromatic heterocycles. The zero-order valence-corrected chi connectivity index (χ0v) is 19.0. The van der Waals surface area contributed by atoms with Gasteiger partial charge in [0.15, 0.2) is 11.5 Å². The van der Waals surface area contributed by atoms with Crippen molar-refractivity contribution in [3.63, 3.8) is 0 Å². The number of carbonyl (C=O) groups is 1. The number of anilines is 1. The van der Waals surface area contributed by atoms with E-state index < -0.39 is 0 Å². The summed E-state index contributed by atoms with van der Waals surface area (Å²) in [6, 6.07) is 9.80. The van der Waals surface area contributed by atoms with E-state index >= 15 is 0 Å². The fourth-order valence-electron chi connectivity index (χ4n) is 3.85. The molecular weight excluding hydrogens is 392 g/mol. The number of aromatic nitrogens is 1. The highest BCUT2D eigenvalue weighted by atomic mass is 16.5. The minimum atomic E-state index is -0.212.